The minimum atomic E-state index is -0.267. The number of piperidine rings is 1. The van der Waals surface area contributed by atoms with E-state index in [1.165, 1.54) is 12.1 Å². The summed E-state index contributed by atoms with van der Waals surface area (Å²) in [6.45, 7) is 3.34. The maximum Gasteiger partial charge on any atom is 0.222 e. The van der Waals surface area contributed by atoms with Crippen LogP contribution in [0.25, 0.3) is 0 Å². The minimum absolute atomic E-state index is 0.0632. The first-order chi connectivity index (χ1) is 10.0. The van der Waals surface area contributed by atoms with Crippen LogP contribution in [0.4, 0.5) is 4.39 Å². The number of amides is 1. The fraction of sp³-hybridized carbons (Fsp3) is 0.562. The van der Waals surface area contributed by atoms with Crippen LogP contribution in [0, 0.1) is 5.82 Å². The molecule has 5 heteroatoms. The number of carbonyl (C=O) groups excluding carboxylic acids is 1. The van der Waals surface area contributed by atoms with Crippen molar-refractivity contribution in [1.82, 2.24) is 4.90 Å². The van der Waals surface area contributed by atoms with E-state index < -0.39 is 0 Å². The van der Waals surface area contributed by atoms with Crippen LogP contribution in [0.1, 0.15) is 32.6 Å². The van der Waals surface area contributed by atoms with Crippen LogP contribution in [-0.2, 0) is 4.79 Å². The lowest BCUT2D eigenvalue weighted by Gasteiger charge is -2.32. The Labute approximate surface area is 125 Å². The van der Waals surface area contributed by atoms with Crippen molar-refractivity contribution in [2.75, 3.05) is 13.1 Å². The van der Waals surface area contributed by atoms with Gasteiger partial charge in [0.1, 0.15) is 17.7 Å². The molecule has 21 heavy (non-hydrogen) atoms. The number of ether oxygens (including phenoxy) is 1. The molecule has 4 nitrogen and oxygen atoms in total. The Kier molecular flexibility index (Phi) is 5.56. The smallest absolute Gasteiger partial charge is 0.222 e. The summed E-state index contributed by atoms with van der Waals surface area (Å²) in [6.07, 6.45) is 2.95. The molecule has 0 radical (unpaired) electrons. The maximum atomic E-state index is 12.8. The molecule has 1 atom stereocenters. The van der Waals surface area contributed by atoms with E-state index in [-0.39, 0.29) is 23.9 Å². The quantitative estimate of drug-likeness (QED) is 0.906. The number of benzene rings is 1. The molecule has 1 heterocycles. The molecule has 0 saturated carbocycles. The lowest BCUT2D eigenvalue weighted by molar-refractivity contribution is -0.133. The SMILES string of the molecule is CC(N)CCC(=O)N1CCC(Oc2ccc(F)cc2)CC1. The van der Waals surface area contributed by atoms with Gasteiger partial charge in [-0.1, -0.05) is 0 Å². The first-order valence-electron chi connectivity index (χ1n) is 7.50. The summed E-state index contributed by atoms with van der Waals surface area (Å²) in [6, 6.07) is 6.11. The zero-order valence-corrected chi connectivity index (χ0v) is 12.4. The van der Waals surface area contributed by atoms with Gasteiger partial charge in [-0.3, -0.25) is 4.79 Å². The van der Waals surface area contributed by atoms with Crippen molar-refractivity contribution in [3.8, 4) is 5.75 Å². The van der Waals surface area contributed by atoms with E-state index in [9.17, 15) is 9.18 Å². The maximum absolute atomic E-state index is 12.8. The van der Waals surface area contributed by atoms with E-state index in [1.54, 1.807) is 12.1 Å². The van der Waals surface area contributed by atoms with Crippen molar-refractivity contribution < 1.29 is 13.9 Å². The molecule has 1 saturated heterocycles. The van der Waals surface area contributed by atoms with Gasteiger partial charge >= 0.3 is 0 Å². The first kappa shape index (κ1) is 15.8. The summed E-state index contributed by atoms with van der Waals surface area (Å²) in [7, 11) is 0. The van der Waals surface area contributed by atoms with Crippen molar-refractivity contribution in [2.45, 2.75) is 44.8 Å². The number of halogens is 1. The van der Waals surface area contributed by atoms with E-state index in [4.69, 9.17) is 10.5 Å². The number of rotatable bonds is 5. The van der Waals surface area contributed by atoms with Gasteiger partial charge in [0.15, 0.2) is 0 Å². The molecule has 1 unspecified atom stereocenters. The van der Waals surface area contributed by atoms with E-state index in [0.29, 0.717) is 25.3 Å². The Morgan fingerprint density at radius 2 is 2.00 bits per heavy atom. The molecular formula is C16H23FN2O2. The van der Waals surface area contributed by atoms with Crippen LogP contribution in [-0.4, -0.2) is 36.0 Å². The summed E-state index contributed by atoms with van der Waals surface area (Å²) < 4.78 is 18.6. The van der Waals surface area contributed by atoms with E-state index in [0.717, 1.165) is 19.3 Å². The Hall–Kier alpha value is -1.62. The highest BCUT2D eigenvalue weighted by molar-refractivity contribution is 5.76. The van der Waals surface area contributed by atoms with Gasteiger partial charge in [0.05, 0.1) is 0 Å². The molecule has 0 spiro atoms. The minimum Gasteiger partial charge on any atom is -0.490 e. The number of carbonyl (C=O) groups is 1. The molecule has 0 aliphatic carbocycles. The molecule has 1 aromatic carbocycles. The van der Waals surface area contributed by atoms with Gasteiger partial charge in [0, 0.05) is 38.4 Å². The molecule has 1 aliphatic heterocycles. The van der Waals surface area contributed by atoms with Gasteiger partial charge in [-0.2, -0.15) is 0 Å². The standard InChI is InChI=1S/C16H23FN2O2/c1-12(18)2-7-16(20)19-10-8-15(9-11-19)21-14-5-3-13(17)4-6-14/h3-6,12,15H,2,7-11,18H2,1H3. The van der Waals surface area contributed by atoms with E-state index >= 15 is 0 Å². The van der Waals surface area contributed by atoms with Crippen LogP contribution in [0.15, 0.2) is 24.3 Å². The molecule has 0 bridgehead atoms. The molecule has 1 fully saturated rings. The van der Waals surface area contributed by atoms with Crippen molar-refractivity contribution >= 4 is 5.91 Å². The number of hydrogen-bond acceptors (Lipinski definition) is 3. The fourth-order valence-corrected chi connectivity index (χ4v) is 2.44. The third-order valence-electron chi connectivity index (χ3n) is 3.72. The highest BCUT2D eigenvalue weighted by Crippen LogP contribution is 2.20. The van der Waals surface area contributed by atoms with Gasteiger partial charge in [-0.05, 0) is 37.6 Å². The average molecular weight is 294 g/mol. The molecule has 116 valence electrons. The summed E-state index contributed by atoms with van der Waals surface area (Å²) in [5, 5.41) is 0. The van der Waals surface area contributed by atoms with Crippen LogP contribution in [0.5, 0.6) is 5.75 Å². The average Bonchev–Trinajstić information content (AvgIpc) is 2.48. The lowest BCUT2D eigenvalue weighted by Crippen LogP contribution is -2.42. The summed E-state index contributed by atoms with van der Waals surface area (Å²) >= 11 is 0. The third-order valence-corrected chi connectivity index (χ3v) is 3.72. The predicted octanol–water partition coefficient (Wildman–Crippen LogP) is 2.32. The van der Waals surface area contributed by atoms with Crippen molar-refractivity contribution in [2.24, 2.45) is 5.73 Å². The van der Waals surface area contributed by atoms with E-state index in [1.807, 2.05) is 11.8 Å². The summed E-state index contributed by atoms with van der Waals surface area (Å²) in [4.78, 5) is 13.9. The fourth-order valence-electron chi connectivity index (χ4n) is 2.44. The molecule has 2 N–H and O–H groups in total. The predicted molar refractivity (Wildman–Crippen MR) is 79.5 cm³/mol. The van der Waals surface area contributed by atoms with Gasteiger partial charge in [0.2, 0.25) is 5.91 Å². The van der Waals surface area contributed by atoms with Gasteiger partial charge in [-0.15, -0.1) is 0 Å². The Bertz CT molecular complexity index is 454. The second kappa shape index (κ2) is 7.41. The van der Waals surface area contributed by atoms with Crippen LogP contribution >= 0.6 is 0 Å². The molecule has 1 aliphatic rings. The van der Waals surface area contributed by atoms with Crippen LogP contribution in [0.3, 0.4) is 0 Å². The second-order valence-corrected chi connectivity index (χ2v) is 5.67. The number of nitrogens with zero attached hydrogens (tertiary/aromatic N) is 1. The third kappa shape index (κ3) is 5.01. The highest BCUT2D eigenvalue weighted by atomic mass is 19.1. The molecule has 0 aromatic heterocycles. The topological polar surface area (TPSA) is 55.6 Å². The van der Waals surface area contributed by atoms with Crippen LogP contribution < -0.4 is 10.5 Å². The zero-order valence-electron chi connectivity index (χ0n) is 12.4. The molecule has 1 aromatic rings. The molecular weight excluding hydrogens is 271 g/mol. The second-order valence-electron chi connectivity index (χ2n) is 5.67. The summed E-state index contributed by atoms with van der Waals surface area (Å²) in [5.74, 6) is 0.586. The van der Waals surface area contributed by atoms with Crippen LogP contribution in [0.2, 0.25) is 0 Å². The lowest BCUT2D eigenvalue weighted by atomic mass is 10.1. The molecule has 2 rings (SSSR count). The normalized spacial score (nSPS) is 17.6. The number of hydrogen-bond donors (Lipinski definition) is 1. The molecule has 1 amide bonds. The largest absolute Gasteiger partial charge is 0.490 e. The first-order valence-corrected chi connectivity index (χ1v) is 7.50. The monoisotopic (exact) mass is 294 g/mol. The van der Waals surface area contributed by atoms with Crippen molar-refractivity contribution in [1.29, 1.82) is 0 Å². The van der Waals surface area contributed by atoms with E-state index in [2.05, 4.69) is 0 Å². The zero-order chi connectivity index (χ0) is 15.2. The number of likely N-dealkylation sites (tertiary alicyclic amines) is 1. The van der Waals surface area contributed by atoms with Gasteiger partial charge in [0.25, 0.3) is 0 Å². The summed E-state index contributed by atoms with van der Waals surface area (Å²) in [5.41, 5.74) is 5.67. The number of nitrogens with two attached hydrogens (primary N) is 1. The Balaban J connectivity index is 1.75. The van der Waals surface area contributed by atoms with Gasteiger partial charge in [-0.25, -0.2) is 4.39 Å². The van der Waals surface area contributed by atoms with Crippen molar-refractivity contribution in [3.63, 3.8) is 0 Å². The Morgan fingerprint density at radius 1 is 1.38 bits per heavy atom. The van der Waals surface area contributed by atoms with Gasteiger partial charge < -0.3 is 15.4 Å². The Morgan fingerprint density at radius 3 is 2.57 bits per heavy atom. The highest BCUT2D eigenvalue weighted by Gasteiger charge is 2.23. The van der Waals surface area contributed by atoms with Crippen molar-refractivity contribution in [3.05, 3.63) is 30.1 Å².